The lowest BCUT2D eigenvalue weighted by Gasteiger charge is -2.13. The number of benzene rings is 3. The Balaban J connectivity index is 1.77. The number of anilines is 1. The molecule has 3 rings (SSSR count). The van der Waals surface area contributed by atoms with E-state index in [4.69, 9.17) is 9.47 Å². The van der Waals surface area contributed by atoms with E-state index >= 15 is 0 Å². The van der Waals surface area contributed by atoms with Gasteiger partial charge in [0, 0.05) is 10.2 Å². The van der Waals surface area contributed by atoms with Crippen LogP contribution in [-0.2, 0) is 16.1 Å². The van der Waals surface area contributed by atoms with Gasteiger partial charge in [-0.3, -0.25) is 4.79 Å². The van der Waals surface area contributed by atoms with Gasteiger partial charge in [0.2, 0.25) is 0 Å². The Hall–Kier alpha value is -4.16. The number of hydrogen-bond acceptors (Lipinski definition) is 6. The molecular weight excluding hydrogens is 519 g/mol. The Morgan fingerprint density at radius 2 is 1.74 bits per heavy atom. The molecule has 0 unspecified atom stereocenters. The molecule has 3 aromatic rings. The molecule has 0 aromatic heterocycles. The predicted molar refractivity (Wildman–Crippen MR) is 131 cm³/mol. The fourth-order valence-corrected chi connectivity index (χ4v) is 3.42. The zero-order valence-corrected chi connectivity index (χ0v) is 20.4. The summed E-state index contributed by atoms with van der Waals surface area (Å²) < 4.78 is 29.5. The average Bonchev–Trinajstić information content (AvgIpc) is 2.87. The van der Waals surface area contributed by atoms with Crippen LogP contribution in [0.5, 0.6) is 11.5 Å². The Kier molecular flexibility index (Phi) is 8.59. The molecule has 1 amide bonds. The van der Waals surface area contributed by atoms with Crippen LogP contribution in [0.25, 0.3) is 6.08 Å². The van der Waals surface area contributed by atoms with Gasteiger partial charge in [-0.15, -0.1) is 0 Å². The summed E-state index contributed by atoms with van der Waals surface area (Å²) in [5.74, 6) is -0.641. The van der Waals surface area contributed by atoms with Crippen LogP contribution in [0.15, 0.2) is 70.7 Å². The quantitative estimate of drug-likeness (QED) is 0.231. The Bertz CT molecular complexity index is 1300. The smallest absolute Gasteiger partial charge is 0.337 e. The maximum atomic E-state index is 13.1. The zero-order chi connectivity index (χ0) is 25.4. The minimum absolute atomic E-state index is 0.148. The number of esters is 1. The molecule has 35 heavy (non-hydrogen) atoms. The molecule has 0 fully saturated rings. The van der Waals surface area contributed by atoms with Crippen molar-refractivity contribution in [3.8, 4) is 17.6 Å². The van der Waals surface area contributed by atoms with E-state index in [1.807, 2.05) is 6.07 Å². The van der Waals surface area contributed by atoms with E-state index in [9.17, 15) is 19.2 Å². The Morgan fingerprint density at radius 3 is 2.34 bits per heavy atom. The van der Waals surface area contributed by atoms with Gasteiger partial charge in [-0.25, -0.2) is 9.18 Å². The molecule has 0 heterocycles. The molecule has 178 valence electrons. The number of hydrogen-bond donors (Lipinski definition) is 1. The van der Waals surface area contributed by atoms with E-state index < -0.39 is 11.9 Å². The average molecular weight is 539 g/mol. The van der Waals surface area contributed by atoms with Crippen molar-refractivity contribution in [1.29, 1.82) is 5.26 Å². The third-order valence-corrected chi connectivity index (χ3v) is 5.51. The van der Waals surface area contributed by atoms with Gasteiger partial charge in [0.05, 0.1) is 19.8 Å². The van der Waals surface area contributed by atoms with E-state index in [0.29, 0.717) is 32.8 Å². The number of amides is 1. The lowest BCUT2D eigenvalue weighted by atomic mass is 10.1. The summed E-state index contributed by atoms with van der Waals surface area (Å²) in [6.07, 6.45) is 1.41. The number of nitrogens with one attached hydrogen (secondary N) is 1. The lowest BCUT2D eigenvalue weighted by Crippen LogP contribution is -2.13. The number of ether oxygens (including phenoxy) is 3. The van der Waals surface area contributed by atoms with Crippen LogP contribution in [-0.4, -0.2) is 26.1 Å². The molecule has 0 aliphatic heterocycles. The Morgan fingerprint density at radius 1 is 1.06 bits per heavy atom. The first-order valence-electron chi connectivity index (χ1n) is 10.2. The fourth-order valence-electron chi connectivity index (χ4n) is 2.99. The maximum absolute atomic E-state index is 13.1. The van der Waals surface area contributed by atoms with E-state index in [1.54, 1.807) is 24.3 Å². The van der Waals surface area contributed by atoms with Crippen LogP contribution in [0.2, 0.25) is 0 Å². The number of halogens is 2. The summed E-state index contributed by atoms with van der Waals surface area (Å²) in [5, 5.41) is 12.2. The van der Waals surface area contributed by atoms with Crippen LogP contribution in [0.4, 0.5) is 10.1 Å². The molecule has 0 aliphatic rings. The fraction of sp³-hybridized carbons (Fsp3) is 0.115. The summed E-state index contributed by atoms with van der Waals surface area (Å²) in [5.41, 5.74) is 1.88. The van der Waals surface area contributed by atoms with Crippen molar-refractivity contribution < 1.29 is 28.2 Å². The SMILES string of the molecule is COC(=O)c1ccc(NC(=O)/C(C#N)=C/c2cc(OC)c(OCc3ccc(F)cc3)cc2Br)cc1. The topological polar surface area (TPSA) is 97.7 Å². The highest BCUT2D eigenvalue weighted by Gasteiger charge is 2.14. The molecule has 0 spiro atoms. The molecule has 0 radical (unpaired) electrons. The summed E-state index contributed by atoms with van der Waals surface area (Å²) in [6.45, 7) is 0.193. The lowest BCUT2D eigenvalue weighted by molar-refractivity contribution is -0.112. The largest absolute Gasteiger partial charge is 0.493 e. The molecule has 0 saturated heterocycles. The third-order valence-electron chi connectivity index (χ3n) is 4.82. The van der Waals surface area contributed by atoms with Crippen molar-refractivity contribution in [3.63, 3.8) is 0 Å². The highest BCUT2D eigenvalue weighted by molar-refractivity contribution is 9.10. The van der Waals surface area contributed by atoms with Gasteiger partial charge < -0.3 is 19.5 Å². The second-order valence-electron chi connectivity index (χ2n) is 7.13. The van der Waals surface area contributed by atoms with Crippen molar-refractivity contribution in [2.45, 2.75) is 6.61 Å². The van der Waals surface area contributed by atoms with Crippen LogP contribution >= 0.6 is 15.9 Å². The summed E-state index contributed by atoms with van der Waals surface area (Å²) in [4.78, 5) is 24.2. The molecule has 7 nitrogen and oxygen atoms in total. The van der Waals surface area contributed by atoms with Gasteiger partial charge in [-0.05, 0) is 65.7 Å². The van der Waals surface area contributed by atoms with Crippen molar-refractivity contribution in [1.82, 2.24) is 0 Å². The first-order chi connectivity index (χ1) is 16.8. The van der Waals surface area contributed by atoms with Gasteiger partial charge in [-0.1, -0.05) is 28.1 Å². The van der Waals surface area contributed by atoms with Gasteiger partial charge in [0.25, 0.3) is 5.91 Å². The molecule has 0 atom stereocenters. The van der Waals surface area contributed by atoms with E-state index in [0.717, 1.165) is 5.56 Å². The van der Waals surface area contributed by atoms with Crippen LogP contribution < -0.4 is 14.8 Å². The highest BCUT2D eigenvalue weighted by atomic mass is 79.9. The summed E-state index contributed by atoms with van der Waals surface area (Å²) in [7, 11) is 2.75. The van der Waals surface area contributed by atoms with Crippen LogP contribution in [0.1, 0.15) is 21.5 Å². The van der Waals surface area contributed by atoms with Gasteiger partial charge in [0.15, 0.2) is 11.5 Å². The van der Waals surface area contributed by atoms with Gasteiger partial charge in [-0.2, -0.15) is 5.26 Å². The second kappa shape index (κ2) is 11.8. The molecule has 0 aliphatic carbocycles. The predicted octanol–water partition coefficient (Wildman–Crippen LogP) is 5.51. The minimum atomic E-state index is -0.624. The number of carbonyl (C=O) groups excluding carboxylic acids is 2. The summed E-state index contributed by atoms with van der Waals surface area (Å²) in [6, 6.07) is 17.2. The molecule has 1 N–H and O–H groups in total. The van der Waals surface area contributed by atoms with Crippen LogP contribution in [0.3, 0.4) is 0 Å². The monoisotopic (exact) mass is 538 g/mol. The minimum Gasteiger partial charge on any atom is -0.493 e. The molecule has 0 saturated carbocycles. The number of nitrogens with zero attached hydrogens (tertiary/aromatic N) is 1. The van der Waals surface area contributed by atoms with Gasteiger partial charge in [0.1, 0.15) is 24.1 Å². The standard InChI is InChI=1S/C26H20BrFN2O5/c1-33-23-12-18(22(27)13-24(23)35-15-16-3-7-20(28)8-4-16)11-19(14-29)25(31)30-21-9-5-17(6-10-21)26(32)34-2/h3-13H,15H2,1-2H3,(H,30,31)/b19-11+. The molecule has 9 heteroatoms. The normalized spacial score (nSPS) is 10.8. The number of nitriles is 1. The first kappa shape index (κ1) is 25.5. The van der Waals surface area contributed by atoms with Gasteiger partial charge >= 0.3 is 5.97 Å². The zero-order valence-electron chi connectivity index (χ0n) is 18.8. The summed E-state index contributed by atoms with van der Waals surface area (Å²) >= 11 is 3.43. The number of rotatable bonds is 8. The van der Waals surface area contributed by atoms with Crippen molar-refractivity contribution >= 4 is 39.6 Å². The van der Waals surface area contributed by atoms with E-state index in [1.165, 1.54) is 56.7 Å². The van der Waals surface area contributed by atoms with Crippen molar-refractivity contribution in [2.75, 3.05) is 19.5 Å². The molecule has 3 aromatic carbocycles. The van der Waals surface area contributed by atoms with E-state index in [-0.39, 0.29) is 18.0 Å². The highest BCUT2D eigenvalue weighted by Crippen LogP contribution is 2.35. The van der Waals surface area contributed by atoms with E-state index in [2.05, 4.69) is 26.0 Å². The first-order valence-corrected chi connectivity index (χ1v) is 11.0. The Labute approximate surface area is 209 Å². The van der Waals surface area contributed by atoms with Crippen molar-refractivity contribution in [3.05, 3.63) is 93.2 Å². The van der Waals surface area contributed by atoms with Crippen LogP contribution in [0, 0.1) is 17.1 Å². The molecule has 0 bridgehead atoms. The maximum Gasteiger partial charge on any atom is 0.337 e. The van der Waals surface area contributed by atoms with Crippen molar-refractivity contribution in [2.24, 2.45) is 0 Å². The molecular formula is C26H20BrFN2O5. The third kappa shape index (κ3) is 6.68. The second-order valence-corrected chi connectivity index (χ2v) is 7.99. The number of carbonyl (C=O) groups is 2. The number of methoxy groups -OCH3 is 2.